The summed E-state index contributed by atoms with van der Waals surface area (Å²) >= 11 is 1.86. The highest BCUT2D eigenvalue weighted by Crippen LogP contribution is 2.25. The lowest BCUT2D eigenvalue weighted by atomic mass is 10.2. The van der Waals surface area contributed by atoms with Crippen LogP contribution < -0.4 is 5.32 Å². The molecule has 4 nitrogen and oxygen atoms in total. The SMILES string of the molecule is CCC(CC)NCC(C)Sc1nnc2n1CCCCC2. The van der Waals surface area contributed by atoms with Crippen LogP contribution in [0.15, 0.2) is 5.16 Å². The maximum absolute atomic E-state index is 4.40. The average Bonchev–Trinajstić information content (AvgIpc) is 2.69. The summed E-state index contributed by atoms with van der Waals surface area (Å²) in [6.45, 7) is 8.91. The van der Waals surface area contributed by atoms with Gasteiger partial charge in [0.05, 0.1) is 0 Å². The molecule has 0 aromatic carbocycles. The topological polar surface area (TPSA) is 42.7 Å². The molecular formula is C15H28N4S. The summed E-state index contributed by atoms with van der Waals surface area (Å²) in [7, 11) is 0. The van der Waals surface area contributed by atoms with E-state index in [2.05, 4.69) is 40.9 Å². The Kier molecular flexibility index (Phi) is 6.36. The van der Waals surface area contributed by atoms with Crippen molar-refractivity contribution in [3.63, 3.8) is 0 Å². The molecule has 0 saturated carbocycles. The molecule has 0 amide bonds. The zero-order valence-corrected chi connectivity index (χ0v) is 13.9. The molecule has 0 aliphatic carbocycles. The van der Waals surface area contributed by atoms with Gasteiger partial charge in [-0.2, -0.15) is 0 Å². The fourth-order valence-corrected chi connectivity index (χ4v) is 3.63. The molecule has 0 radical (unpaired) electrons. The van der Waals surface area contributed by atoms with Crippen LogP contribution in [0.4, 0.5) is 0 Å². The Morgan fingerprint density at radius 2 is 2.00 bits per heavy atom. The van der Waals surface area contributed by atoms with E-state index in [1.807, 2.05) is 11.8 Å². The van der Waals surface area contributed by atoms with Crippen molar-refractivity contribution < 1.29 is 0 Å². The monoisotopic (exact) mass is 296 g/mol. The number of fused-ring (bicyclic) bond motifs is 1. The van der Waals surface area contributed by atoms with Gasteiger partial charge in [0.1, 0.15) is 5.82 Å². The quantitative estimate of drug-likeness (QED) is 0.784. The van der Waals surface area contributed by atoms with E-state index in [9.17, 15) is 0 Å². The number of hydrogen-bond donors (Lipinski definition) is 1. The Balaban J connectivity index is 1.88. The van der Waals surface area contributed by atoms with E-state index in [0.29, 0.717) is 11.3 Å². The molecule has 1 aromatic rings. The van der Waals surface area contributed by atoms with E-state index in [-0.39, 0.29) is 0 Å². The first-order chi connectivity index (χ1) is 9.74. The Bertz CT molecular complexity index is 401. The lowest BCUT2D eigenvalue weighted by Crippen LogP contribution is -2.32. The third kappa shape index (κ3) is 4.22. The van der Waals surface area contributed by atoms with Gasteiger partial charge in [0.25, 0.3) is 0 Å². The van der Waals surface area contributed by atoms with E-state index >= 15 is 0 Å². The number of aryl methyl sites for hydroxylation is 1. The van der Waals surface area contributed by atoms with Crippen LogP contribution in [-0.2, 0) is 13.0 Å². The Morgan fingerprint density at radius 3 is 2.75 bits per heavy atom. The van der Waals surface area contributed by atoms with Crippen LogP contribution in [0.1, 0.15) is 58.7 Å². The van der Waals surface area contributed by atoms with Crippen molar-refractivity contribution in [2.75, 3.05) is 6.54 Å². The molecule has 1 unspecified atom stereocenters. The van der Waals surface area contributed by atoms with E-state index < -0.39 is 0 Å². The lowest BCUT2D eigenvalue weighted by Gasteiger charge is -2.18. The highest BCUT2D eigenvalue weighted by molar-refractivity contribution is 7.99. The summed E-state index contributed by atoms with van der Waals surface area (Å²) < 4.78 is 2.34. The van der Waals surface area contributed by atoms with Crippen LogP contribution in [-0.4, -0.2) is 32.6 Å². The molecule has 0 saturated heterocycles. The van der Waals surface area contributed by atoms with Gasteiger partial charge in [0.15, 0.2) is 5.16 Å². The Morgan fingerprint density at radius 1 is 1.20 bits per heavy atom. The predicted octanol–water partition coefficient (Wildman–Crippen LogP) is 3.26. The van der Waals surface area contributed by atoms with Gasteiger partial charge in [-0.25, -0.2) is 0 Å². The minimum absolute atomic E-state index is 0.534. The highest BCUT2D eigenvalue weighted by Gasteiger charge is 2.17. The standard InChI is InChI=1S/C15H28N4S/c1-4-13(5-2)16-11-12(3)20-15-18-17-14-9-7-6-8-10-19(14)15/h12-13,16H,4-11H2,1-3H3. The summed E-state index contributed by atoms with van der Waals surface area (Å²) in [4.78, 5) is 0. The molecular weight excluding hydrogens is 268 g/mol. The average molecular weight is 296 g/mol. The summed E-state index contributed by atoms with van der Waals surface area (Å²) in [5, 5.41) is 14.1. The molecule has 5 heteroatoms. The van der Waals surface area contributed by atoms with Crippen molar-refractivity contribution in [1.29, 1.82) is 0 Å². The number of aromatic nitrogens is 3. The second-order valence-corrected chi connectivity index (χ2v) is 7.12. The molecule has 0 fully saturated rings. The molecule has 2 rings (SSSR count). The van der Waals surface area contributed by atoms with Crippen molar-refractivity contribution in [2.24, 2.45) is 0 Å². The largest absolute Gasteiger partial charge is 0.313 e. The third-order valence-corrected chi connectivity index (χ3v) is 5.14. The van der Waals surface area contributed by atoms with Crippen LogP contribution in [0.2, 0.25) is 0 Å². The maximum atomic E-state index is 4.40. The smallest absolute Gasteiger partial charge is 0.191 e. The maximum Gasteiger partial charge on any atom is 0.191 e. The van der Waals surface area contributed by atoms with Gasteiger partial charge in [-0.15, -0.1) is 10.2 Å². The molecule has 2 heterocycles. The van der Waals surface area contributed by atoms with Crippen LogP contribution in [0.25, 0.3) is 0 Å². The second kappa shape index (κ2) is 8.03. The van der Waals surface area contributed by atoms with E-state index in [1.165, 1.54) is 37.9 Å². The first-order valence-electron chi connectivity index (χ1n) is 8.06. The number of nitrogens with one attached hydrogen (secondary N) is 1. The van der Waals surface area contributed by atoms with Gasteiger partial charge in [-0.3, -0.25) is 0 Å². The van der Waals surface area contributed by atoms with E-state index in [1.54, 1.807) is 0 Å². The zero-order chi connectivity index (χ0) is 14.4. The molecule has 114 valence electrons. The third-order valence-electron chi connectivity index (χ3n) is 4.06. The molecule has 20 heavy (non-hydrogen) atoms. The predicted molar refractivity (Wildman–Crippen MR) is 85.3 cm³/mol. The minimum Gasteiger partial charge on any atom is -0.313 e. The van der Waals surface area contributed by atoms with Gasteiger partial charge in [0.2, 0.25) is 0 Å². The molecule has 0 bridgehead atoms. The van der Waals surface area contributed by atoms with Gasteiger partial charge >= 0.3 is 0 Å². The molecule has 1 aromatic heterocycles. The normalized spacial score (nSPS) is 17.0. The van der Waals surface area contributed by atoms with Gasteiger partial charge in [-0.1, -0.05) is 39.0 Å². The first kappa shape index (κ1) is 15.8. The van der Waals surface area contributed by atoms with Gasteiger partial charge in [-0.05, 0) is 25.7 Å². The van der Waals surface area contributed by atoms with Crippen molar-refractivity contribution in [3.8, 4) is 0 Å². The molecule has 1 aliphatic heterocycles. The van der Waals surface area contributed by atoms with Crippen molar-refractivity contribution in [3.05, 3.63) is 5.82 Å². The molecule has 1 N–H and O–H groups in total. The van der Waals surface area contributed by atoms with Crippen LogP contribution >= 0.6 is 11.8 Å². The second-order valence-electron chi connectivity index (χ2n) is 5.71. The minimum atomic E-state index is 0.534. The van der Waals surface area contributed by atoms with Crippen molar-refractivity contribution in [2.45, 2.75) is 82.3 Å². The first-order valence-corrected chi connectivity index (χ1v) is 8.94. The summed E-state index contributed by atoms with van der Waals surface area (Å²) in [5.74, 6) is 1.19. The number of hydrogen-bond acceptors (Lipinski definition) is 4. The van der Waals surface area contributed by atoms with E-state index in [0.717, 1.165) is 24.7 Å². The summed E-state index contributed by atoms with van der Waals surface area (Å²) in [6, 6.07) is 0.647. The Labute approximate surface area is 127 Å². The zero-order valence-electron chi connectivity index (χ0n) is 13.1. The number of rotatable bonds is 7. The summed E-state index contributed by atoms with van der Waals surface area (Å²) in [6.07, 6.45) is 7.34. The van der Waals surface area contributed by atoms with Crippen molar-refractivity contribution >= 4 is 11.8 Å². The van der Waals surface area contributed by atoms with Crippen LogP contribution in [0, 0.1) is 0 Å². The fourth-order valence-electron chi connectivity index (χ4n) is 2.68. The van der Waals surface area contributed by atoms with Crippen LogP contribution in [0.3, 0.4) is 0 Å². The van der Waals surface area contributed by atoms with Crippen molar-refractivity contribution in [1.82, 2.24) is 20.1 Å². The van der Waals surface area contributed by atoms with Crippen LogP contribution in [0.5, 0.6) is 0 Å². The van der Waals surface area contributed by atoms with E-state index in [4.69, 9.17) is 0 Å². The molecule has 1 aliphatic rings. The van der Waals surface area contributed by atoms with Gasteiger partial charge < -0.3 is 9.88 Å². The summed E-state index contributed by atoms with van der Waals surface area (Å²) in [5.41, 5.74) is 0. The van der Waals surface area contributed by atoms with Gasteiger partial charge in [0, 0.05) is 30.8 Å². The molecule has 0 spiro atoms. The number of nitrogens with zero attached hydrogens (tertiary/aromatic N) is 3. The molecule has 1 atom stereocenters. The highest BCUT2D eigenvalue weighted by atomic mass is 32.2. The Hall–Kier alpha value is -0.550. The lowest BCUT2D eigenvalue weighted by molar-refractivity contribution is 0.487. The fraction of sp³-hybridized carbons (Fsp3) is 0.867. The number of thioether (sulfide) groups is 1.